The number of nitrogens with one attached hydrogen (secondary N) is 1. The van der Waals surface area contributed by atoms with Crippen molar-refractivity contribution in [1.82, 2.24) is 10.3 Å². The minimum Gasteiger partial charge on any atom is -0.486 e. The number of carbonyl (C=O) groups is 2. The molecule has 0 atom stereocenters. The zero-order valence-electron chi connectivity index (χ0n) is 11.0. The van der Waals surface area contributed by atoms with E-state index < -0.39 is 18.4 Å². The monoisotopic (exact) mass is 288 g/mol. The first-order valence-electron chi connectivity index (χ1n) is 6.33. The van der Waals surface area contributed by atoms with Crippen LogP contribution in [-0.2, 0) is 4.79 Å². The van der Waals surface area contributed by atoms with Crippen LogP contribution < -0.4 is 14.8 Å². The molecule has 3 rings (SSSR count). The van der Waals surface area contributed by atoms with E-state index >= 15 is 0 Å². The second kappa shape index (κ2) is 5.28. The van der Waals surface area contributed by atoms with Crippen molar-refractivity contribution in [2.24, 2.45) is 0 Å². The minimum atomic E-state index is -1.11. The van der Waals surface area contributed by atoms with E-state index in [1.54, 1.807) is 18.2 Å². The van der Waals surface area contributed by atoms with Gasteiger partial charge in [-0.2, -0.15) is 0 Å². The maximum absolute atomic E-state index is 12.0. The van der Waals surface area contributed by atoms with Gasteiger partial charge in [-0.15, -0.1) is 0 Å². The summed E-state index contributed by atoms with van der Waals surface area (Å²) in [5.41, 5.74) is 0.158. The molecule has 2 aromatic rings. The molecular formula is C14H12N2O5. The molecule has 1 aliphatic rings. The van der Waals surface area contributed by atoms with E-state index in [4.69, 9.17) is 14.6 Å². The van der Waals surface area contributed by atoms with Crippen LogP contribution in [0.3, 0.4) is 0 Å². The Balaban J connectivity index is 2.02. The van der Waals surface area contributed by atoms with Crippen LogP contribution in [0.4, 0.5) is 0 Å². The number of carboxylic acids is 1. The molecule has 0 aliphatic carbocycles. The topological polar surface area (TPSA) is 97.8 Å². The van der Waals surface area contributed by atoms with E-state index in [2.05, 4.69) is 10.3 Å². The van der Waals surface area contributed by atoms with Crippen LogP contribution in [0.15, 0.2) is 24.4 Å². The van der Waals surface area contributed by atoms with Crippen LogP contribution in [0.2, 0.25) is 0 Å². The Morgan fingerprint density at radius 1 is 1.24 bits per heavy atom. The number of fused-ring (bicyclic) bond motifs is 2. The van der Waals surface area contributed by atoms with Crippen molar-refractivity contribution in [1.29, 1.82) is 0 Å². The molecule has 0 fully saturated rings. The third kappa shape index (κ3) is 2.58. The third-order valence-corrected chi connectivity index (χ3v) is 3.04. The molecule has 1 amide bonds. The van der Waals surface area contributed by atoms with Crippen LogP contribution in [0, 0.1) is 0 Å². The number of ether oxygens (including phenoxy) is 2. The molecule has 7 heteroatoms. The number of nitrogens with zero attached hydrogens (tertiary/aromatic N) is 1. The molecule has 0 unspecified atom stereocenters. The molecule has 7 nitrogen and oxygen atoms in total. The van der Waals surface area contributed by atoms with Crippen LogP contribution in [0.25, 0.3) is 10.8 Å². The zero-order chi connectivity index (χ0) is 14.8. The number of rotatable bonds is 3. The van der Waals surface area contributed by atoms with E-state index in [1.807, 2.05) is 0 Å². The van der Waals surface area contributed by atoms with Crippen molar-refractivity contribution in [2.75, 3.05) is 19.8 Å². The Morgan fingerprint density at radius 2 is 1.95 bits per heavy atom. The number of carboxylic acid groups (broad SMARTS) is 1. The lowest BCUT2D eigenvalue weighted by atomic mass is 10.1. The van der Waals surface area contributed by atoms with E-state index in [9.17, 15) is 9.59 Å². The van der Waals surface area contributed by atoms with Gasteiger partial charge in [0, 0.05) is 11.6 Å². The molecule has 1 aliphatic heterocycles. The van der Waals surface area contributed by atoms with Gasteiger partial charge in [0.1, 0.15) is 25.5 Å². The van der Waals surface area contributed by atoms with E-state index in [0.717, 1.165) is 5.39 Å². The SMILES string of the molecule is O=C(O)CNC(=O)c1nccc2cc3c(cc12)OCCO3. The molecule has 1 aromatic carbocycles. The van der Waals surface area contributed by atoms with Crippen molar-refractivity contribution in [3.05, 3.63) is 30.1 Å². The van der Waals surface area contributed by atoms with E-state index in [1.165, 1.54) is 6.20 Å². The third-order valence-electron chi connectivity index (χ3n) is 3.04. The summed E-state index contributed by atoms with van der Waals surface area (Å²) >= 11 is 0. The summed E-state index contributed by atoms with van der Waals surface area (Å²) in [6.45, 7) is 0.469. The quantitative estimate of drug-likeness (QED) is 0.867. The van der Waals surface area contributed by atoms with Crippen LogP contribution >= 0.6 is 0 Å². The molecule has 1 aromatic heterocycles. The summed E-state index contributed by atoms with van der Waals surface area (Å²) in [4.78, 5) is 26.6. The molecule has 21 heavy (non-hydrogen) atoms. The number of pyridine rings is 1. The molecule has 2 heterocycles. The fourth-order valence-corrected chi connectivity index (χ4v) is 2.13. The summed E-state index contributed by atoms with van der Waals surface area (Å²) in [5, 5.41) is 12.3. The predicted molar refractivity (Wildman–Crippen MR) is 72.7 cm³/mol. The summed E-state index contributed by atoms with van der Waals surface area (Å²) in [6.07, 6.45) is 1.49. The van der Waals surface area contributed by atoms with Gasteiger partial charge in [0.25, 0.3) is 5.91 Å². The fraction of sp³-hybridized carbons (Fsp3) is 0.214. The highest BCUT2D eigenvalue weighted by Gasteiger charge is 2.17. The van der Waals surface area contributed by atoms with E-state index in [0.29, 0.717) is 30.1 Å². The molecule has 0 radical (unpaired) electrons. The molecule has 2 N–H and O–H groups in total. The number of carbonyl (C=O) groups excluding carboxylic acids is 1. The highest BCUT2D eigenvalue weighted by Crippen LogP contribution is 2.35. The van der Waals surface area contributed by atoms with Gasteiger partial charge in [0.2, 0.25) is 0 Å². The maximum Gasteiger partial charge on any atom is 0.322 e. The highest BCUT2D eigenvalue weighted by atomic mass is 16.6. The second-order valence-electron chi connectivity index (χ2n) is 4.45. The molecule has 0 spiro atoms. The standard InChI is InChI=1S/C14H12N2O5/c17-12(18)7-16-14(19)13-9-6-11-10(20-3-4-21-11)5-8(9)1-2-15-13/h1-2,5-6H,3-4,7H2,(H,16,19)(H,17,18). The Labute approximate surface area is 119 Å². The number of hydrogen-bond donors (Lipinski definition) is 2. The van der Waals surface area contributed by atoms with Crippen molar-refractivity contribution in [3.8, 4) is 11.5 Å². The Kier molecular flexibility index (Phi) is 3.31. The fourth-order valence-electron chi connectivity index (χ4n) is 2.13. The van der Waals surface area contributed by atoms with Crippen LogP contribution in [0.5, 0.6) is 11.5 Å². The van der Waals surface area contributed by atoms with Gasteiger partial charge in [-0.3, -0.25) is 14.6 Å². The molecule has 0 saturated carbocycles. The summed E-state index contributed by atoms with van der Waals surface area (Å²) in [5.74, 6) is -0.483. The molecule has 108 valence electrons. The molecule has 0 saturated heterocycles. The van der Waals surface area contributed by atoms with Gasteiger partial charge in [-0.1, -0.05) is 0 Å². The van der Waals surface area contributed by atoms with E-state index in [-0.39, 0.29) is 5.69 Å². The normalized spacial score (nSPS) is 13.0. The number of aliphatic carboxylic acids is 1. The van der Waals surface area contributed by atoms with Crippen LogP contribution in [0.1, 0.15) is 10.5 Å². The lowest BCUT2D eigenvalue weighted by Crippen LogP contribution is -2.30. The lowest BCUT2D eigenvalue weighted by molar-refractivity contribution is -0.135. The predicted octanol–water partition coefficient (Wildman–Crippen LogP) is 0.820. The summed E-state index contributed by atoms with van der Waals surface area (Å²) in [7, 11) is 0. The highest BCUT2D eigenvalue weighted by molar-refractivity contribution is 6.06. The van der Waals surface area contributed by atoms with Crippen molar-refractivity contribution >= 4 is 22.6 Å². The van der Waals surface area contributed by atoms with Crippen LogP contribution in [-0.4, -0.2) is 41.7 Å². The van der Waals surface area contributed by atoms with Crippen molar-refractivity contribution in [2.45, 2.75) is 0 Å². The van der Waals surface area contributed by atoms with Gasteiger partial charge in [-0.05, 0) is 23.6 Å². The Hall–Kier alpha value is -2.83. The maximum atomic E-state index is 12.0. The number of benzene rings is 1. The zero-order valence-corrected chi connectivity index (χ0v) is 11.0. The van der Waals surface area contributed by atoms with Gasteiger partial charge in [0.15, 0.2) is 11.5 Å². The minimum absolute atomic E-state index is 0.158. The molecule has 0 bridgehead atoms. The molecular weight excluding hydrogens is 276 g/mol. The largest absolute Gasteiger partial charge is 0.486 e. The van der Waals surface area contributed by atoms with Gasteiger partial charge in [-0.25, -0.2) is 0 Å². The van der Waals surface area contributed by atoms with Crippen molar-refractivity contribution < 1.29 is 24.2 Å². The number of aromatic nitrogens is 1. The Bertz CT molecular complexity index is 729. The Morgan fingerprint density at radius 3 is 2.67 bits per heavy atom. The number of amides is 1. The first kappa shape index (κ1) is 13.2. The van der Waals surface area contributed by atoms with Gasteiger partial charge < -0.3 is 19.9 Å². The average Bonchev–Trinajstić information content (AvgIpc) is 2.50. The first-order chi connectivity index (χ1) is 10.1. The van der Waals surface area contributed by atoms with Crippen molar-refractivity contribution in [3.63, 3.8) is 0 Å². The second-order valence-corrected chi connectivity index (χ2v) is 4.45. The number of hydrogen-bond acceptors (Lipinski definition) is 5. The summed E-state index contributed by atoms with van der Waals surface area (Å²) < 4.78 is 11.0. The smallest absolute Gasteiger partial charge is 0.322 e. The van der Waals surface area contributed by atoms with Gasteiger partial charge >= 0.3 is 5.97 Å². The summed E-state index contributed by atoms with van der Waals surface area (Å²) in [6, 6.07) is 5.22. The average molecular weight is 288 g/mol. The van der Waals surface area contributed by atoms with Gasteiger partial charge in [0.05, 0.1) is 0 Å². The lowest BCUT2D eigenvalue weighted by Gasteiger charge is -2.19. The first-order valence-corrected chi connectivity index (χ1v) is 6.33.